The van der Waals surface area contributed by atoms with Gasteiger partial charge in [0.25, 0.3) is 0 Å². The van der Waals surface area contributed by atoms with Crippen molar-refractivity contribution in [1.29, 1.82) is 0 Å². The van der Waals surface area contributed by atoms with Gasteiger partial charge in [0.05, 0.1) is 24.7 Å². The van der Waals surface area contributed by atoms with Crippen LogP contribution in [0.4, 0.5) is 0 Å². The van der Waals surface area contributed by atoms with E-state index >= 15 is 0 Å². The van der Waals surface area contributed by atoms with E-state index in [2.05, 4.69) is 6.92 Å². The molecule has 21 heavy (non-hydrogen) atoms. The van der Waals surface area contributed by atoms with Crippen molar-refractivity contribution in [2.24, 2.45) is 0 Å². The van der Waals surface area contributed by atoms with Crippen LogP contribution in [0.3, 0.4) is 0 Å². The van der Waals surface area contributed by atoms with Crippen LogP contribution in [0.15, 0.2) is 12.2 Å². The number of hydrogen-bond acceptors (Lipinski definition) is 5. The van der Waals surface area contributed by atoms with Crippen molar-refractivity contribution < 1.29 is 24.9 Å². The van der Waals surface area contributed by atoms with Crippen LogP contribution < -0.4 is 0 Å². The van der Waals surface area contributed by atoms with E-state index < -0.39 is 30.4 Å². The third-order valence-electron chi connectivity index (χ3n) is 3.73. The van der Waals surface area contributed by atoms with Gasteiger partial charge < -0.3 is 20.1 Å². The smallest absolute Gasteiger partial charge is 0.309 e. The van der Waals surface area contributed by atoms with Crippen LogP contribution in [0.1, 0.15) is 58.3 Å². The molecule has 5 nitrogen and oxygen atoms in total. The molecule has 0 aromatic rings. The Morgan fingerprint density at radius 2 is 1.86 bits per heavy atom. The molecular weight excluding hydrogens is 272 g/mol. The Morgan fingerprint density at radius 3 is 2.57 bits per heavy atom. The summed E-state index contributed by atoms with van der Waals surface area (Å²) in [4.78, 5) is 11.7. The number of esters is 1. The Morgan fingerprint density at radius 1 is 1.14 bits per heavy atom. The van der Waals surface area contributed by atoms with E-state index in [0.29, 0.717) is 6.42 Å². The summed E-state index contributed by atoms with van der Waals surface area (Å²) in [6.45, 7) is 2.15. The fraction of sp³-hybridized carbons (Fsp3) is 0.812. The van der Waals surface area contributed by atoms with Gasteiger partial charge in [-0.05, 0) is 12.8 Å². The molecule has 0 aromatic carbocycles. The number of ether oxygens (including phenoxy) is 1. The standard InChI is InChI=1S/C16H28O5/c1-2-3-4-5-6-7-13-11-15(19)14(18)9-8-12(17)10-16(20)21-13/h8-9,12-15,17-19H,2-7,10-11H2,1H3. The zero-order valence-electron chi connectivity index (χ0n) is 12.8. The second-order valence-electron chi connectivity index (χ2n) is 5.76. The van der Waals surface area contributed by atoms with Crippen molar-refractivity contribution in [2.75, 3.05) is 0 Å². The van der Waals surface area contributed by atoms with Gasteiger partial charge in [0.2, 0.25) is 0 Å². The molecular formula is C16H28O5. The molecule has 5 heteroatoms. The van der Waals surface area contributed by atoms with Gasteiger partial charge >= 0.3 is 5.97 Å². The van der Waals surface area contributed by atoms with E-state index in [9.17, 15) is 20.1 Å². The van der Waals surface area contributed by atoms with Gasteiger partial charge in [-0.1, -0.05) is 44.8 Å². The van der Waals surface area contributed by atoms with Crippen LogP contribution in [-0.4, -0.2) is 45.7 Å². The monoisotopic (exact) mass is 300 g/mol. The molecule has 0 bridgehead atoms. The molecule has 0 aromatic heterocycles. The lowest BCUT2D eigenvalue weighted by molar-refractivity contribution is -0.153. The number of carbonyl (C=O) groups excluding carboxylic acids is 1. The average Bonchev–Trinajstić information content (AvgIpc) is 2.43. The van der Waals surface area contributed by atoms with Crippen LogP contribution >= 0.6 is 0 Å². The molecule has 1 aliphatic rings. The number of unbranched alkanes of at least 4 members (excludes halogenated alkanes) is 4. The summed E-state index contributed by atoms with van der Waals surface area (Å²) in [5.41, 5.74) is 0. The predicted molar refractivity (Wildman–Crippen MR) is 79.7 cm³/mol. The van der Waals surface area contributed by atoms with Crippen molar-refractivity contribution in [1.82, 2.24) is 0 Å². The normalized spacial score (nSPS) is 31.0. The molecule has 0 radical (unpaired) electrons. The van der Waals surface area contributed by atoms with Gasteiger partial charge in [0, 0.05) is 6.42 Å². The van der Waals surface area contributed by atoms with Crippen molar-refractivity contribution in [3.8, 4) is 0 Å². The Hall–Kier alpha value is -0.910. The third-order valence-corrected chi connectivity index (χ3v) is 3.73. The highest BCUT2D eigenvalue weighted by atomic mass is 16.5. The van der Waals surface area contributed by atoms with E-state index in [4.69, 9.17) is 4.74 Å². The second kappa shape index (κ2) is 9.92. The van der Waals surface area contributed by atoms with Gasteiger partial charge in [0.1, 0.15) is 6.10 Å². The van der Waals surface area contributed by atoms with Crippen LogP contribution in [0.25, 0.3) is 0 Å². The first-order valence-corrected chi connectivity index (χ1v) is 7.95. The molecule has 0 saturated carbocycles. The number of aliphatic hydroxyl groups is 3. The van der Waals surface area contributed by atoms with E-state index in [0.717, 1.165) is 19.3 Å². The highest BCUT2D eigenvalue weighted by Crippen LogP contribution is 2.18. The zero-order valence-corrected chi connectivity index (χ0v) is 12.8. The van der Waals surface area contributed by atoms with Gasteiger partial charge in [-0.3, -0.25) is 4.79 Å². The molecule has 0 spiro atoms. The molecule has 0 amide bonds. The second-order valence-corrected chi connectivity index (χ2v) is 5.76. The molecule has 4 unspecified atom stereocenters. The highest BCUT2D eigenvalue weighted by molar-refractivity contribution is 5.70. The van der Waals surface area contributed by atoms with Crippen LogP contribution in [0.5, 0.6) is 0 Å². The summed E-state index contributed by atoms with van der Waals surface area (Å²) in [5, 5.41) is 29.2. The van der Waals surface area contributed by atoms with Gasteiger partial charge in [-0.15, -0.1) is 0 Å². The van der Waals surface area contributed by atoms with E-state index in [1.807, 2.05) is 0 Å². The Labute approximate surface area is 126 Å². The fourth-order valence-corrected chi connectivity index (χ4v) is 2.45. The quantitative estimate of drug-likeness (QED) is 0.395. The maximum Gasteiger partial charge on any atom is 0.309 e. The summed E-state index contributed by atoms with van der Waals surface area (Å²) in [7, 11) is 0. The first-order chi connectivity index (χ1) is 10.0. The average molecular weight is 300 g/mol. The SMILES string of the molecule is CCCCCCCC1CC(O)C(O)C=CC(O)CC(=O)O1. The molecule has 1 aliphatic heterocycles. The molecule has 1 rings (SSSR count). The minimum absolute atomic E-state index is 0.119. The van der Waals surface area contributed by atoms with Crippen LogP contribution in [0, 0.1) is 0 Å². The van der Waals surface area contributed by atoms with Gasteiger partial charge in [0.15, 0.2) is 0 Å². The predicted octanol–water partition coefficient (Wildman–Crippen LogP) is 1.69. The summed E-state index contributed by atoms with van der Waals surface area (Å²) in [5.74, 6) is -0.464. The number of carbonyl (C=O) groups is 1. The van der Waals surface area contributed by atoms with E-state index in [-0.39, 0.29) is 12.8 Å². The summed E-state index contributed by atoms with van der Waals surface area (Å²) >= 11 is 0. The third kappa shape index (κ3) is 7.60. The zero-order chi connectivity index (χ0) is 15.7. The number of rotatable bonds is 6. The molecule has 122 valence electrons. The maximum atomic E-state index is 11.7. The number of aliphatic hydroxyl groups excluding tert-OH is 3. The molecule has 0 aliphatic carbocycles. The first kappa shape index (κ1) is 18.1. The van der Waals surface area contributed by atoms with Crippen LogP contribution in [-0.2, 0) is 9.53 Å². The fourth-order valence-electron chi connectivity index (χ4n) is 2.45. The lowest BCUT2D eigenvalue weighted by Gasteiger charge is -2.24. The largest absolute Gasteiger partial charge is 0.462 e. The summed E-state index contributed by atoms with van der Waals surface area (Å²) < 4.78 is 5.32. The molecule has 1 heterocycles. The summed E-state index contributed by atoms with van der Waals surface area (Å²) in [6, 6.07) is 0. The molecule has 3 N–H and O–H groups in total. The van der Waals surface area contributed by atoms with Crippen molar-refractivity contribution in [3.63, 3.8) is 0 Å². The van der Waals surface area contributed by atoms with E-state index in [1.165, 1.54) is 25.0 Å². The molecule has 4 atom stereocenters. The first-order valence-electron chi connectivity index (χ1n) is 7.95. The number of hydrogen-bond donors (Lipinski definition) is 3. The van der Waals surface area contributed by atoms with Crippen LogP contribution in [0.2, 0.25) is 0 Å². The van der Waals surface area contributed by atoms with Gasteiger partial charge in [-0.25, -0.2) is 0 Å². The Kier molecular flexibility index (Phi) is 8.57. The Bertz CT molecular complexity index is 329. The summed E-state index contributed by atoms with van der Waals surface area (Å²) in [6.07, 6.45) is 5.56. The Balaban J connectivity index is 2.52. The van der Waals surface area contributed by atoms with Crippen molar-refractivity contribution >= 4 is 5.97 Å². The lowest BCUT2D eigenvalue weighted by atomic mass is 9.99. The van der Waals surface area contributed by atoms with Crippen molar-refractivity contribution in [2.45, 2.75) is 82.7 Å². The number of cyclic esters (lactones) is 1. The van der Waals surface area contributed by atoms with Crippen molar-refractivity contribution in [3.05, 3.63) is 12.2 Å². The molecule has 0 fully saturated rings. The van der Waals surface area contributed by atoms with Gasteiger partial charge in [-0.2, -0.15) is 0 Å². The maximum absolute atomic E-state index is 11.7. The minimum atomic E-state index is -1.04. The molecule has 0 saturated heterocycles. The minimum Gasteiger partial charge on any atom is -0.462 e. The highest BCUT2D eigenvalue weighted by Gasteiger charge is 2.24. The topological polar surface area (TPSA) is 87.0 Å². The van der Waals surface area contributed by atoms with E-state index in [1.54, 1.807) is 0 Å². The lowest BCUT2D eigenvalue weighted by Crippen LogP contribution is -2.33.